The van der Waals surface area contributed by atoms with Crippen LogP contribution in [0.1, 0.15) is 80.6 Å². The highest BCUT2D eigenvalue weighted by Gasteiger charge is 2.81. The van der Waals surface area contributed by atoms with Crippen molar-refractivity contribution in [1.82, 2.24) is 0 Å². The second-order valence-corrected chi connectivity index (χ2v) is 14.5. The van der Waals surface area contributed by atoms with Crippen molar-refractivity contribution in [3.63, 3.8) is 0 Å². The molecule has 0 unspecified atom stereocenters. The molecule has 3 saturated carbocycles. The van der Waals surface area contributed by atoms with Gasteiger partial charge in [-0.3, -0.25) is 19.2 Å². The van der Waals surface area contributed by atoms with Gasteiger partial charge in [-0.25, -0.2) is 4.79 Å². The van der Waals surface area contributed by atoms with Crippen LogP contribution in [0.4, 0.5) is 0 Å². The van der Waals surface area contributed by atoms with Crippen LogP contribution in [0.15, 0.2) is 23.3 Å². The first kappa shape index (κ1) is 31.0. The number of hydrogen-bond donors (Lipinski definition) is 0. The Morgan fingerprint density at radius 2 is 1.73 bits per heavy atom. The fourth-order valence-electron chi connectivity index (χ4n) is 10.5. The number of ether oxygens (including phenoxy) is 5. The molecular weight excluding hydrogens is 568 g/mol. The van der Waals surface area contributed by atoms with Crippen LogP contribution in [0.2, 0.25) is 0 Å². The van der Waals surface area contributed by atoms with Gasteiger partial charge in [0.15, 0.2) is 11.9 Å². The maximum absolute atomic E-state index is 13.7. The van der Waals surface area contributed by atoms with Crippen molar-refractivity contribution >= 4 is 29.7 Å². The van der Waals surface area contributed by atoms with Crippen LogP contribution in [0.25, 0.3) is 0 Å². The van der Waals surface area contributed by atoms with Crippen molar-refractivity contribution < 1.29 is 47.7 Å². The highest BCUT2D eigenvalue weighted by atomic mass is 16.7. The average Bonchev–Trinajstić information content (AvgIpc) is 3.58. The van der Waals surface area contributed by atoms with Crippen molar-refractivity contribution in [3.8, 4) is 0 Å². The molecule has 1 saturated heterocycles. The monoisotopic (exact) mass is 612 g/mol. The van der Waals surface area contributed by atoms with Gasteiger partial charge in [0, 0.05) is 39.0 Å². The third-order valence-electron chi connectivity index (χ3n) is 12.4. The lowest BCUT2D eigenvalue weighted by molar-refractivity contribution is -0.167. The molecule has 6 rings (SSSR count). The lowest BCUT2D eigenvalue weighted by atomic mass is 9.44. The van der Waals surface area contributed by atoms with Crippen LogP contribution in [-0.2, 0) is 47.7 Å². The van der Waals surface area contributed by atoms with Gasteiger partial charge in [0.05, 0.1) is 17.1 Å². The summed E-state index contributed by atoms with van der Waals surface area (Å²) in [6.45, 7) is 12.2. The van der Waals surface area contributed by atoms with Crippen molar-refractivity contribution in [1.29, 1.82) is 0 Å². The van der Waals surface area contributed by atoms with Gasteiger partial charge >= 0.3 is 23.9 Å². The van der Waals surface area contributed by atoms with Gasteiger partial charge in [-0.1, -0.05) is 19.4 Å². The van der Waals surface area contributed by atoms with E-state index in [4.69, 9.17) is 23.7 Å². The van der Waals surface area contributed by atoms with E-state index >= 15 is 0 Å². The molecule has 0 radical (unpaired) electrons. The normalized spacial score (nSPS) is 44.3. The van der Waals surface area contributed by atoms with Crippen molar-refractivity contribution in [3.05, 3.63) is 23.3 Å². The molecule has 0 amide bonds. The van der Waals surface area contributed by atoms with Gasteiger partial charge in [0.2, 0.25) is 0 Å². The van der Waals surface area contributed by atoms with Gasteiger partial charge < -0.3 is 23.7 Å². The number of ketones is 1. The minimum Gasteiger partial charge on any atom is -0.462 e. The van der Waals surface area contributed by atoms with Gasteiger partial charge in [-0.15, -0.1) is 0 Å². The maximum Gasteiger partial charge on any atom is 0.337 e. The molecule has 12 atom stereocenters. The molecule has 0 aromatic carbocycles. The SMILES string of the molecule is CC(=O)OCC1=C(C)C[C@H]([C@@H](C)[C@H]2[C@@H](OC(C)=O)C[C@H]3[C@@H]4C[C@H]5O[C@]56[C@@H](OC(C)=O)C=CC(=O)[C@]6(C)[C@H]4CC[C@]23C)OC1=O. The van der Waals surface area contributed by atoms with Crippen LogP contribution in [-0.4, -0.2) is 66.3 Å². The lowest BCUT2D eigenvalue weighted by Gasteiger charge is -2.58. The van der Waals surface area contributed by atoms with Crippen LogP contribution < -0.4 is 0 Å². The van der Waals surface area contributed by atoms with E-state index in [1.165, 1.54) is 20.8 Å². The number of allylic oxidation sites excluding steroid dienone is 1. The summed E-state index contributed by atoms with van der Waals surface area (Å²) in [7, 11) is 0. The zero-order valence-electron chi connectivity index (χ0n) is 26.7. The third kappa shape index (κ3) is 4.41. The largest absolute Gasteiger partial charge is 0.462 e. The molecule has 10 heteroatoms. The van der Waals surface area contributed by atoms with Gasteiger partial charge in [0.25, 0.3) is 0 Å². The predicted octanol–water partition coefficient (Wildman–Crippen LogP) is 4.04. The summed E-state index contributed by atoms with van der Waals surface area (Å²) in [5.74, 6) is -1.55. The third-order valence-corrected chi connectivity index (χ3v) is 12.4. The molecule has 0 aromatic rings. The Balaban J connectivity index is 1.30. The van der Waals surface area contributed by atoms with Crippen molar-refractivity contribution in [2.24, 2.45) is 40.4 Å². The zero-order chi connectivity index (χ0) is 31.9. The number of carbonyl (C=O) groups excluding carboxylic acids is 5. The Kier molecular flexibility index (Phi) is 7.42. The Morgan fingerprint density at radius 3 is 2.36 bits per heavy atom. The fraction of sp³-hybridized carbons (Fsp3) is 0.735. The van der Waals surface area contributed by atoms with E-state index in [2.05, 4.69) is 13.8 Å². The van der Waals surface area contributed by atoms with Crippen LogP contribution >= 0.6 is 0 Å². The molecule has 2 heterocycles. The molecule has 6 aliphatic rings. The Morgan fingerprint density at radius 1 is 1.02 bits per heavy atom. The second-order valence-electron chi connectivity index (χ2n) is 14.5. The Labute approximate surface area is 258 Å². The van der Waals surface area contributed by atoms with Crippen LogP contribution in [0, 0.1) is 40.4 Å². The summed E-state index contributed by atoms with van der Waals surface area (Å²) in [5, 5.41) is 0. The quantitative estimate of drug-likeness (QED) is 0.246. The summed E-state index contributed by atoms with van der Waals surface area (Å²) in [6, 6.07) is 0. The Hall–Kier alpha value is -3.01. The van der Waals surface area contributed by atoms with Gasteiger partial charge in [-0.2, -0.15) is 0 Å². The minimum absolute atomic E-state index is 0.0158. The first-order valence-corrected chi connectivity index (χ1v) is 15.9. The number of carbonyl (C=O) groups is 5. The number of hydrogen-bond acceptors (Lipinski definition) is 10. The molecule has 4 aliphatic carbocycles. The summed E-state index contributed by atoms with van der Waals surface area (Å²) < 4.78 is 29.3. The molecule has 2 aliphatic heterocycles. The van der Waals surface area contributed by atoms with Crippen molar-refractivity contribution in [2.45, 2.75) is 111 Å². The first-order valence-electron chi connectivity index (χ1n) is 15.9. The molecular formula is C34H44O10. The number of esters is 4. The highest BCUT2D eigenvalue weighted by Crippen LogP contribution is 2.73. The van der Waals surface area contributed by atoms with Crippen LogP contribution in [0.3, 0.4) is 0 Å². The summed E-state index contributed by atoms with van der Waals surface area (Å²) in [6.07, 6.45) is 5.16. The van der Waals surface area contributed by atoms with E-state index in [1.54, 1.807) is 12.2 Å². The number of epoxide rings is 1. The second kappa shape index (κ2) is 10.5. The van der Waals surface area contributed by atoms with E-state index in [0.29, 0.717) is 18.4 Å². The Bertz CT molecular complexity index is 1360. The average molecular weight is 613 g/mol. The van der Waals surface area contributed by atoms with E-state index in [9.17, 15) is 24.0 Å². The lowest BCUT2D eigenvalue weighted by Crippen LogP contribution is -2.64. The highest BCUT2D eigenvalue weighted by molar-refractivity contribution is 5.98. The summed E-state index contributed by atoms with van der Waals surface area (Å²) in [5.41, 5.74) is -0.713. The molecule has 0 N–H and O–H groups in total. The number of rotatable bonds is 6. The predicted molar refractivity (Wildman–Crippen MR) is 154 cm³/mol. The van der Waals surface area contributed by atoms with Gasteiger partial charge in [-0.05, 0) is 74.9 Å². The molecule has 4 fully saturated rings. The number of cyclic esters (lactones) is 1. The summed E-state index contributed by atoms with van der Waals surface area (Å²) in [4.78, 5) is 62.5. The molecule has 0 aromatic heterocycles. The molecule has 240 valence electrons. The summed E-state index contributed by atoms with van der Waals surface area (Å²) >= 11 is 0. The van der Waals surface area contributed by atoms with E-state index in [-0.39, 0.29) is 65.6 Å². The molecule has 10 nitrogen and oxygen atoms in total. The minimum atomic E-state index is -0.843. The van der Waals surface area contributed by atoms with Crippen molar-refractivity contribution in [2.75, 3.05) is 6.61 Å². The molecule has 1 spiro atoms. The zero-order valence-corrected chi connectivity index (χ0v) is 26.7. The van der Waals surface area contributed by atoms with E-state index in [0.717, 1.165) is 24.8 Å². The van der Waals surface area contributed by atoms with E-state index < -0.39 is 41.1 Å². The topological polar surface area (TPSA) is 135 Å². The van der Waals surface area contributed by atoms with Crippen LogP contribution in [0.5, 0.6) is 0 Å². The van der Waals surface area contributed by atoms with E-state index in [1.807, 2.05) is 13.8 Å². The smallest absolute Gasteiger partial charge is 0.337 e. The molecule has 44 heavy (non-hydrogen) atoms. The number of fused-ring (bicyclic) bond motifs is 4. The van der Waals surface area contributed by atoms with Gasteiger partial charge in [0.1, 0.15) is 24.4 Å². The maximum atomic E-state index is 13.7. The standard InChI is InChI=1S/C34H44O10/c1-16-12-25(43-31(39)22(16)15-40-18(3)35)17(2)30-26(41-19(4)36)14-24-21-13-29-34(44-29)28(42-20(5)37)9-8-27(38)33(34,7)23(21)10-11-32(24,30)6/h8-9,17,21,23-26,28-30H,10-15H2,1-7H3/t17-,21-,23+,24+,25-,26+,28+,29-,30+,32+,33+,34-/m1/s1. The fourth-order valence-corrected chi connectivity index (χ4v) is 10.5. The molecule has 0 bridgehead atoms. The first-order chi connectivity index (χ1) is 20.6.